The summed E-state index contributed by atoms with van der Waals surface area (Å²) in [5.41, 5.74) is 1.94. The predicted octanol–water partition coefficient (Wildman–Crippen LogP) is 2.62. The van der Waals surface area contributed by atoms with Gasteiger partial charge in [-0.25, -0.2) is 0 Å². The molecule has 4 nitrogen and oxygen atoms in total. The van der Waals surface area contributed by atoms with Crippen LogP contribution in [0.15, 0.2) is 40.8 Å². The summed E-state index contributed by atoms with van der Waals surface area (Å²) in [6, 6.07) is 11.5. The molecule has 0 aliphatic heterocycles. The van der Waals surface area contributed by atoms with Gasteiger partial charge in [0, 0.05) is 5.69 Å². The first-order valence-electron chi connectivity index (χ1n) is 6.26. The van der Waals surface area contributed by atoms with Gasteiger partial charge in [-0.15, -0.1) is 0 Å². The zero-order valence-corrected chi connectivity index (χ0v) is 11.2. The van der Waals surface area contributed by atoms with Crippen molar-refractivity contribution in [3.05, 3.63) is 53.5 Å². The van der Waals surface area contributed by atoms with Crippen molar-refractivity contribution in [3.63, 3.8) is 0 Å². The van der Waals surface area contributed by atoms with E-state index in [2.05, 4.69) is 10.6 Å². The number of nitrogens with one attached hydrogen (secondary N) is 2. The fourth-order valence-electron chi connectivity index (χ4n) is 1.81. The molecule has 4 heteroatoms. The highest BCUT2D eigenvalue weighted by Gasteiger charge is 2.03. The van der Waals surface area contributed by atoms with Crippen molar-refractivity contribution in [2.24, 2.45) is 0 Å². The molecule has 1 aromatic carbocycles. The minimum atomic E-state index is -0.0612. The van der Waals surface area contributed by atoms with Crippen molar-refractivity contribution in [1.82, 2.24) is 5.32 Å². The van der Waals surface area contributed by atoms with E-state index in [-0.39, 0.29) is 12.5 Å². The highest BCUT2D eigenvalue weighted by molar-refractivity contribution is 5.92. The number of amides is 1. The number of aryl methyl sites for hydroxylation is 2. The van der Waals surface area contributed by atoms with E-state index in [0.717, 1.165) is 22.8 Å². The van der Waals surface area contributed by atoms with Crippen LogP contribution in [0.2, 0.25) is 0 Å². The molecule has 2 aromatic rings. The van der Waals surface area contributed by atoms with Crippen LogP contribution < -0.4 is 10.6 Å². The molecule has 2 N–H and O–H groups in total. The number of benzene rings is 1. The van der Waals surface area contributed by atoms with E-state index in [4.69, 9.17) is 4.42 Å². The lowest BCUT2D eigenvalue weighted by atomic mass is 10.2. The second-order valence-electron chi connectivity index (χ2n) is 4.53. The smallest absolute Gasteiger partial charge is 0.238 e. The number of anilines is 1. The van der Waals surface area contributed by atoms with E-state index >= 15 is 0 Å². The number of carbonyl (C=O) groups excluding carboxylic acids is 1. The van der Waals surface area contributed by atoms with Gasteiger partial charge in [-0.1, -0.05) is 12.1 Å². The number of rotatable bonds is 5. The lowest BCUT2D eigenvalue weighted by Gasteiger charge is -2.06. The molecular formula is C15H18N2O2. The van der Waals surface area contributed by atoms with Gasteiger partial charge >= 0.3 is 0 Å². The Morgan fingerprint density at radius 2 is 2.05 bits per heavy atom. The summed E-state index contributed by atoms with van der Waals surface area (Å²) in [5, 5.41) is 5.89. The van der Waals surface area contributed by atoms with Gasteiger partial charge < -0.3 is 15.1 Å². The van der Waals surface area contributed by atoms with Gasteiger partial charge in [0.2, 0.25) is 5.91 Å². The fraction of sp³-hybridized carbons (Fsp3) is 0.267. The van der Waals surface area contributed by atoms with E-state index in [9.17, 15) is 4.79 Å². The van der Waals surface area contributed by atoms with Crippen molar-refractivity contribution >= 4 is 11.6 Å². The Balaban J connectivity index is 1.76. The van der Waals surface area contributed by atoms with Crippen LogP contribution >= 0.6 is 0 Å². The van der Waals surface area contributed by atoms with Crippen LogP contribution in [0, 0.1) is 13.8 Å². The molecule has 1 aromatic heterocycles. The molecule has 1 heterocycles. The van der Waals surface area contributed by atoms with Crippen LogP contribution in [0.4, 0.5) is 5.69 Å². The van der Waals surface area contributed by atoms with Gasteiger partial charge in [-0.2, -0.15) is 0 Å². The second kappa shape index (κ2) is 6.20. The molecule has 0 unspecified atom stereocenters. The molecule has 100 valence electrons. The Labute approximate surface area is 112 Å². The van der Waals surface area contributed by atoms with Crippen molar-refractivity contribution < 1.29 is 9.21 Å². The summed E-state index contributed by atoms with van der Waals surface area (Å²) < 4.78 is 5.41. The summed E-state index contributed by atoms with van der Waals surface area (Å²) in [5.74, 6) is 1.65. The standard InChI is InChI=1S/C15H18N2O2/c1-11-4-3-5-13(8-11)17-15(18)10-16-9-14-7-6-12(2)19-14/h3-8,16H,9-10H2,1-2H3,(H,17,18). The Hall–Kier alpha value is -2.07. The van der Waals surface area contributed by atoms with Gasteiger partial charge in [0.25, 0.3) is 0 Å². The molecular weight excluding hydrogens is 240 g/mol. The quantitative estimate of drug-likeness (QED) is 0.866. The zero-order valence-electron chi connectivity index (χ0n) is 11.2. The van der Waals surface area contributed by atoms with E-state index in [1.54, 1.807) is 0 Å². The molecule has 0 atom stereocenters. The van der Waals surface area contributed by atoms with Gasteiger partial charge in [0.05, 0.1) is 13.1 Å². The molecule has 0 saturated carbocycles. The van der Waals surface area contributed by atoms with Crippen LogP contribution in [-0.2, 0) is 11.3 Å². The first-order valence-corrected chi connectivity index (χ1v) is 6.26. The Morgan fingerprint density at radius 1 is 1.21 bits per heavy atom. The van der Waals surface area contributed by atoms with Gasteiger partial charge in [-0.05, 0) is 43.7 Å². The average Bonchev–Trinajstić information content (AvgIpc) is 2.75. The van der Waals surface area contributed by atoms with Gasteiger partial charge in [0.1, 0.15) is 11.5 Å². The Bertz CT molecular complexity index is 561. The number of hydrogen-bond acceptors (Lipinski definition) is 3. The van der Waals surface area contributed by atoms with E-state index < -0.39 is 0 Å². The third kappa shape index (κ3) is 4.26. The number of carbonyl (C=O) groups is 1. The van der Waals surface area contributed by atoms with Crippen LogP contribution in [0.5, 0.6) is 0 Å². The summed E-state index contributed by atoms with van der Waals surface area (Å²) in [7, 11) is 0. The van der Waals surface area contributed by atoms with Crippen LogP contribution in [0.1, 0.15) is 17.1 Å². The predicted molar refractivity (Wildman–Crippen MR) is 75.0 cm³/mol. The van der Waals surface area contributed by atoms with Crippen molar-refractivity contribution in [2.45, 2.75) is 20.4 Å². The number of hydrogen-bond donors (Lipinski definition) is 2. The molecule has 0 fully saturated rings. The molecule has 0 bridgehead atoms. The molecule has 0 spiro atoms. The maximum absolute atomic E-state index is 11.7. The van der Waals surface area contributed by atoms with Crippen LogP contribution in [-0.4, -0.2) is 12.5 Å². The van der Waals surface area contributed by atoms with Gasteiger partial charge in [0.15, 0.2) is 0 Å². The van der Waals surface area contributed by atoms with Crippen LogP contribution in [0.3, 0.4) is 0 Å². The zero-order chi connectivity index (χ0) is 13.7. The Morgan fingerprint density at radius 3 is 2.74 bits per heavy atom. The normalized spacial score (nSPS) is 10.4. The lowest BCUT2D eigenvalue weighted by molar-refractivity contribution is -0.115. The third-order valence-electron chi connectivity index (χ3n) is 2.68. The van der Waals surface area contributed by atoms with Crippen molar-refractivity contribution in [1.29, 1.82) is 0 Å². The topological polar surface area (TPSA) is 54.3 Å². The SMILES string of the molecule is Cc1cccc(NC(=O)CNCc2ccc(C)o2)c1. The largest absolute Gasteiger partial charge is 0.465 e. The highest BCUT2D eigenvalue weighted by Crippen LogP contribution is 2.09. The molecule has 0 aliphatic carbocycles. The molecule has 1 amide bonds. The molecule has 0 radical (unpaired) electrons. The Kier molecular flexibility index (Phi) is 4.36. The molecule has 2 rings (SSSR count). The summed E-state index contributed by atoms with van der Waals surface area (Å²) in [4.78, 5) is 11.7. The van der Waals surface area contributed by atoms with Crippen LogP contribution in [0.25, 0.3) is 0 Å². The third-order valence-corrected chi connectivity index (χ3v) is 2.68. The van der Waals surface area contributed by atoms with Gasteiger partial charge in [-0.3, -0.25) is 4.79 Å². The molecule has 19 heavy (non-hydrogen) atoms. The second-order valence-corrected chi connectivity index (χ2v) is 4.53. The first kappa shape index (κ1) is 13.4. The summed E-state index contributed by atoms with van der Waals surface area (Å²) in [6.45, 7) is 4.70. The van der Waals surface area contributed by atoms with E-state index in [1.807, 2.05) is 50.2 Å². The van der Waals surface area contributed by atoms with Crippen molar-refractivity contribution in [2.75, 3.05) is 11.9 Å². The first-order chi connectivity index (χ1) is 9.13. The average molecular weight is 258 g/mol. The maximum atomic E-state index is 11.7. The van der Waals surface area contributed by atoms with E-state index in [0.29, 0.717) is 6.54 Å². The van der Waals surface area contributed by atoms with Crippen molar-refractivity contribution in [3.8, 4) is 0 Å². The molecule has 0 saturated heterocycles. The number of furan rings is 1. The lowest BCUT2D eigenvalue weighted by Crippen LogP contribution is -2.27. The molecule has 0 aliphatic rings. The highest BCUT2D eigenvalue weighted by atomic mass is 16.3. The minimum absolute atomic E-state index is 0.0612. The monoisotopic (exact) mass is 258 g/mol. The summed E-state index contributed by atoms with van der Waals surface area (Å²) >= 11 is 0. The fourth-order valence-corrected chi connectivity index (χ4v) is 1.81. The maximum Gasteiger partial charge on any atom is 0.238 e. The van der Waals surface area contributed by atoms with E-state index in [1.165, 1.54) is 0 Å². The minimum Gasteiger partial charge on any atom is -0.465 e. The summed E-state index contributed by atoms with van der Waals surface area (Å²) in [6.07, 6.45) is 0.